The predicted molar refractivity (Wildman–Crippen MR) is 153 cm³/mol. The molecule has 0 saturated heterocycles. The Morgan fingerprint density at radius 3 is 1.95 bits per heavy atom. The van der Waals surface area contributed by atoms with E-state index < -0.39 is 53.7 Å². The van der Waals surface area contributed by atoms with Crippen molar-refractivity contribution < 1.29 is 47.9 Å². The maximum absolute atomic E-state index is 13.3. The van der Waals surface area contributed by atoms with Gasteiger partial charge in [-0.2, -0.15) is 13.2 Å². The Bertz CT molecular complexity index is 2030. The highest BCUT2D eigenvalue weighted by molar-refractivity contribution is 7.93. The fourth-order valence-electron chi connectivity index (χ4n) is 4.06. The molecule has 0 spiro atoms. The van der Waals surface area contributed by atoms with E-state index in [0.29, 0.717) is 22.6 Å². The van der Waals surface area contributed by atoms with Gasteiger partial charge >= 0.3 is 12.5 Å². The van der Waals surface area contributed by atoms with E-state index in [1.54, 1.807) is 0 Å². The maximum atomic E-state index is 13.3. The van der Waals surface area contributed by atoms with Crippen LogP contribution in [-0.4, -0.2) is 23.2 Å². The number of sulfonamides is 2. The number of anilines is 2. The van der Waals surface area contributed by atoms with Gasteiger partial charge in [0.2, 0.25) is 0 Å². The van der Waals surface area contributed by atoms with E-state index in [0.717, 1.165) is 46.5 Å². The van der Waals surface area contributed by atoms with Crippen molar-refractivity contribution in [3.05, 3.63) is 103 Å². The minimum absolute atomic E-state index is 0.300. The molecule has 230 valence electrons. The fraction of sp³-hybridized carbons (Fsp3) is 0.0714. The molecule has 0 saturated carbocycles. The SMILES string of the molecule is O=S(=O)(Nc1ccc(-c2cc3ccccc3s2)cc1NS(=O)(=O)c1ccc(OC(F)(F)F)cc1)c1cccc(C(F)(F)F)c1. The number of thiophene rings is 1. The molecule has 0 aliphatic carbocycles. The highest BCUT2D eigenvalue weighted by Crippen LogP contribution is 2.38. The van der Waals surface area contributed by atoms with Crippen LogP contribution in [0, 0.1) is 0 Å². The molecule has 4 aromatic carbocycles. The second kappa shape index (κ2) is 11.3. The lowest BCUT2D eigenvalue weighted by Crippen LogP contribution is -2.19. The van der Waals surface area contributed by atoms with Crippen LogP contribution in [0.5, 0.6) is 5.75 Å². The van der Waals surface area contributed by atoms with Gasteiger partial charge in [0, 0.05) is 9.58 Å². The van der Waals surface area contributed by atoms with Crippen LogP contribution in [0.2, 0.25) is 0 Å². The van der Waals surface area contributed by atoms with Crippen molar-refractivity contribution in [1.29, 1.82) is 0 Å². The molecule has 1 heterocycles. The lowest BCUT2D eigenvalue weighted by Gasteiger charge is -2.17. The topological polar surface area (TPSA) is 102 Å². The third-order valence-electron chi connectivity index (χ3n) is 6.06. The van der Waals surface area contributed by atoms with Gasteiger partial charge in [-0.15, -0.1) is 24.5 Å². The normalized spacial score (nSPS) is 12.7. The van der Waals surface area contributed by atoms with Crippen LogP contribution in [0.1, 0.15) is 5.56 Å². The number of hydrogen-bond acceptors (Lipinski definition) is 6. The first-order valence-electron chi connectivity index (χ1n) is 12.2. The van der Waals surface area contributed by atoms with Crippen molar-refractivity contribution in [2.45, 2.75) is 22.3 Å². The van der Waals surface area contributed by atoms with Gasteiger partial charge in [0.25, 0.3) is 20.0 Å². The maximum Gasteiger partial charge on any atom is 0.573 e. The lowest BCUT2D eigenvalue weighted by molar-refractivity contribution is -0.274. The zero-order valence-electron chi connectivity index (χ0n) is 21.8. The molecule has 44 heavy (non-hydrogen) atoms. The molecule has 1 aromatic heterocycles. The van der Waals surface area contributed by atoms with Crippen LogP contribution in [0.25, 0.3) is 20.5 Å². The van der Waals surface area contributed by atoms with Crippen LogP contribution in [-0.2, 0) is 26.2 Å². The summed E-state index contributed by atoms with van der Waals surface area (Å²) < 4.78 is 139. The fourth-order valence-corrected chi connectivity index (χ4v) is 7.32. The Morgan fingerprint density at radius 2 is 1.30 bits per heavy atom. The van der Waals surface area contributed by atoms with E-state index in [-0.39, 0.29) is 11.4 Å². The first-order chi connectivity index (χ1) is 20.5. The molecule has 0 unspecified atom stereocenters. The molecule has 0 aliphatic rings. The van der Waals surface area contributed by atoms with Crippen LogP contribution in [0.4, 0.5) is 37.7 Å². The van der Waals surface area contributed by atoms with E-state index >= 15 is 0 Å². The smallest absolute Gasteiger partial charge is 0.406 e. The molecule has 5 aromatic rings. The van der Waals surface area contributed by atoms with Crippen LogP contribution in [0.15, 0.2) is 107 Å². The number of halogens is 6. The quantitative estimate of drug-likeness (QED) is 0.162. The van der Waals surface area contributed by atoms with Gasteiger partial charge in [-0.1, -0.05) is 30.3 Å². The predicted octanol–water partition coefficient (Wildman–Crippen LogP) is 8.09. The zero-order valence-corrected chi connectivity index (χ0v) is 24.2. The summed E-state index contributed by atoms with van der Waals surface area (Å²) in [5, 5.41) is 0.894. The molecule has 2 N–H and O–H groups in total. The summed E-state index contributed by atoms with van der Waals surface area (Å²) in [6, 6.07) is 19.6. The van der Waals surface area contributed by atoms with E-state index in [1.807, 2.05) is 30.3 Å². The summed E-state index contributed by atoms with van der Waals surface area (Å²) in [6.45, 7) is 0. The van der Waals surface area contributed by atoms with Crippen LogP contribution >= 0.6 is 11.3 Å². The number of hydrogen-bond donors (Lipinski definition) is 2. The van der Waals surface area contributed by atoms with Crippen molar-refractivity contribution in [3.8, 4) is 16.2 Å². The molecule has 0 amide bonds. The molecule has 0 atom stereocenters. The molecule has 0 aliphatic heterocycles. The number of fused-ring (bicyclic) bond motifs is 1. The van der Waals surface area contributed by atoms with E-state index in [2.05, 4.69) is 14.2 Å². The molecule has 5 rings (SSSR count). The Kier molecular flexibility index (Phi) is 8.02. The average Bonchev–Trinajstić information content (AvgIpc) is 3.37. The number of ether oxygens (including phenoxy) is 1. The Morgan fingerprint density at radius 1 is 0.636 bits per heavy atom. The number of alkyl halides is 6. The van der Waals surface area contributed by atoms with Crippen molar-refractivity contribution in [3.63, 3.8) is 0 Å². The number of rotatable bonds is 8. The van der Waals surface area contributed by atoms with Crippen LogP contribution < -0.4 is 14.2 Å². The van der Waals surface area contributed by atoms with Gasteiger partial charge < -0.3 is 4.74 Å². The first kappa shape index (κ1) is 31.2. The van der Waals surface area contributed by atoms with E-state index in [4.69, 9.17) is 0 Å². The van der Waals surface area contributed by atoms with Gasteiger partial charge in [-0.3, -0.25) is 9.44 Å². The molecular weight excluding hydrogens is 655 g/mol. The Labute approximate surface area is 250 Å². The van der Waals surface area contributed by atoms with Crippen LogP contribution in [0.3, 0.4) is 0 Å². The first-order valence-corrected chi connectivity index (χ1v) is 16.0. The second-order valence-electron chi connectivity index (χ2n) is 9.16. The van der Waals surface area contributed by atoms with Gasteiger partial charge in [-0.25, -0.2) is 16.8 Å². The second-order valence-corrected chi connectivity index (χ2v) is 13.6. The van der Waals surface area contributed by atoms with Crippen molar-refractivity contribution in [2.75, 3.05) is 9.44 Å². The standard InChI is InChI=1S/C28H18F6N2O5S3/c29-27(30,31)19-5-3-6-22(16-19)44(39,40)35-23-13-8-18(26-15-17-4-1-2-7-25(17)42-26)14-24(23)36-43(37,38)21-11-9-20(10-12-21)41-28(32,33)34/h1-16,35-36H. The van der Waals surface area contributed by atoms with Gasteiger partial charge in [0.1, 0.15) is 5.75 Å². The highest BCUT2D eigenvalue weighted by Gasteiger charge is 2.32. The van der Waals surface area contributed by atoms with Crippen molar-refractivity contribution >= 4 is 52.8 Å². The summed E-state index contributed by atoms with van der Waals surface area (Å²) in [7, 11) is -9.20. The molecule has 7 nitrogen and oxygen atoms in total. The molecule has 0 radical (unpaired) electrons. The van der Waals surface area contributed by atoms with Crippen molar-refractivity contribution in [2.24, 2.45) is 0 Å². The van der Waals surface area contributed by atoms with Gasteiger partial charge in [0.15, 0.2) is 0 Å². The van der Waals surface area contributed by atoms with Gasteiger partial charge in [-0.05, 0) is 77.7 Å². The lowest BCUT2D eigenvalue weighted by atomic mass is 10.1. The molecule has 0 bridgehead atoms. The average molecular weight is 673 g/mol. The zero-order chi connectivity index (χ0) is 31.9. The largest absolute Gasteiger partial charge is 0.573 e. The molecular formula is C28H18F6N2O5S3. The minimum Gasteiger partial charge on any atom is -0.406 e. The summed E-state index contributed by atoms with van der Waals surface area (Å²) in [5.41, 5.74) is -1.36. The van der Waals surface area contributed by atoms with Gasteiger partial charge in [0.05, 0.1) is 26.7 Å². The number of nitrogens with one attached hydrogen (secondary N) is 2. The third kappa shape index (κ3) is 7.09. The summed E-state index contributed by atoms with van der Waals surface area (Å²) in [5.74, 6) is -0.669. The summed E-state index contributed by atoms with van der Waals surface area (Å²) >= 11 is 1.37. The highest BCUT2D eigenvalue weighted by atomic mass is 32.2. The summed E-state index contributed by atoms with van der Waals surface area (Å²) in [4.78, 5) is -0.520. The minimum atomic E-state index is -5.00. The Hall–Kier alpha value is -4.28. The Balaban J connectivity index is 1.54. The molecule has 16 heteroatoms. The third-order valence-corrected chi connectivity index (χ3v) is 9.97. The monoisotopic (exact) mass is 672 g/mol. The molecule has 0 fully saturated rings. The van der Waals surface area contributed by atoms with E-state index in [1.165, 1.54) is 29.5 Å². The van der Waals surface area contributed by atoms with Crippen molar-refractivity contribution in [1.82, 2.24) is 0 Å². The van der Waals surface area contributed by atoms with E-state index in [9.17, 15) is 43.2 Å². The summed E-state index contributed by atoms with van der Waals surface area (Å²) in [6.07, 6.45) is -9.82. The number of benzene rings is 4.